The molecule has 0 aliphatic rings. The Hall–Kier alpha value is -1.68. The number of carbonyl (C=O) groups excluding carboxylic acids is 1. The lowest BCUT2D eigenvalue weighted by Gasteiger charge is -1.86. The molecular weight excluding hydrogens is 196 g/mol. The first-order valence-electron chi connectivity index (χ1n) is 3.88. The number of hydrogen-bond donors (Lipinski definition) is 2. The molecule has 0 fully saturated rings. The molecule has 0 aliphatic heterocycles. The van der Waals surface area contributed by atoms with Crippen LogP contribution in [0, 0.1) is 0 Å². The molecule has 0 atom stereocenters. The van der Waals surface area contributed by atoms with Crippen LogP contribution >= 0.6 is 12.2 Å². The average Bonchev–Trinajstić information content (AvgIpc) is 2.15. The Labute approximate surface area is 88.4 Å². The van der Waals surface area contributed by atoms with Crippen LogP contribution < -0.4 is 11.5 Å². The van der Waals surface area contributed by atoms with Crippen LogP contribution in [0.25, 0.3) is 6.08 Å². The highest BCUT2D eigenvalue weighted by Crippen LogP contribution is 1.99. The molecule has 0 heterocycles. The SMILES string of the molecule is NC(N)=S.O=C/C=C/c1ccccc1. The van der Waals surface area contributed by atoms with Gasteiger partial charge >= 0.3 is 0 Å². The molecule has 1 aromatic carbocycles. The Morgan fingerprint density at radius 2 is 1.71 bits per heavy atom. The second-order valence-electron chi connectivity index (χ2n) is 2.31. The van der Waals surface area contributed by atoms with Crippen LogP contribution in [-0.2, 0) is 4.79 Å². The largest absolute Gasteiger partial charge is 0.377 e. The molecule has 1 rings (SSSR count). The smallest absolute Gasteiger partial charge is 0.160 e. The van der Waals surface area contributed by atoms with E-state index in [1.165, 1.54) is 6.08 Å². The molecule has 14 heavy (non-hydrogen) atoms. The van der Waals surface area contributed by atoms with Crippen LogP contribution in [-0.4, -0.2) is 11.4 Å². The van der Waals surface area contributed by atoms with Crippen LogP contribution in [0.3, 0.4) is 0 Å². The third kappa shape index (κ3) is 8.42. The molecule has 4 N–H and O–H groups in total. The van der Waals surface area contributed by atoms with E-state index in [0.717, 1.165) is 11.8 Å². The second-order valence-corrected chi connectivity index (χ2v) is 2.78. The zero-order valence-corrected chi connectivity index (χ0v) is 8.41. The monoisotopic (exact) mass is 208 g/mol. The third-order valence-corrected chi connectivity index (χ3v) is 1.17. The fourth-order valence-corrected chi connectivity index (χ4v) is 0.715. The van der Waals surface area contributed by atoms with Crippen molar-refractivity contribution in [2.24, 2.45) is 11.5 Å². The summed E-state index contributed by atoms with van der Waals surface area (Å²) in [7, 11) is 0. The number of benzene rings is 1. The summed E-state index contributed by atoms with van der Waals surface area (Å²) in [6.45, 7) is 0. The zero-order chi connectivity index (χ0) is 10.8. The quantitative estimate of drug-likeness (QED) is 0.433. The van der Waals surface area contributed by atoms with Gasteiger partial charge in [-0.3, -0.25) is 4.79 Å². The maximum atomic E-state index is 9.89. The van der Waals surface area contributed by atoms with E-state index >= 15 is 0 Å². The number of allylic oxidation sites excluding steroid dienone is 1. The van der Waals surface area contributed by atoms with Crippen molar-refractivity contribution in [1.82, 2.24) is 0 Å². The first-order chi connectivity index (χ1) is 6.66. The number of rotatable bonds is 2. The molecule has 0 saturated heterocycles. The Bertz CT molecular complexity index is 305. The van der Waals surface area contributed by atoms with Crippen molar-refractivity contribution in [2.45, 2.75) is 0 Å². The summed E-state index contributed by atoms with van der Waals surface area (Å²) in [5, 5.41) is 0.000000000000000222. The number of carbonyl (C=O) groups is 1. The van der Waals surface area contributed by atoms with Crippen LogP contribution in [0.15, 0.2) is 36.4 Å². The minimum atomic E-state index is 0.000000000000000222. The Kier molecular flexibility index (Phi) is 6.99. The molecule has 0 aromatic heterocycles. The van der Waals surface area contributed by atoms with E-state index < -0.39 is 0 Å². The summed E-state index contributed by atoms with van der Waals surface area (Å²) in [4.78, 5) is 9.89. The molecule has 0 saturated carbocycles. The van der Waals surface area contributed by atoms with E-state index in [-0.39, 0.29) is 5.11 Å². The lowest BCUT2D eigenvalue weighted by Crippen LogP contribution is -2.18. The molecule has 4 heteroatoms. The van der Waals surface area contributed by atoms with Gasteiger partial charge in [0, 0.05) is 0 Å². The number of hydrogen-bond acceptors (Lipinski definition) is 2. The number of nitrogens with two attached hydrogens (primary N) is 2. The van der Waals surface area contributed by atoms with Crippen molar-refractivity contribution < 1.29 is 4.79 Å². The highest BCUT2D eigenvalue weighted by Gasteiger charge is 1.79. The zero-order valence-electron chi connectivity index (χ0n) is 7.59. The summed E-state index contributed by atoms with van der Waals surface area (Å²) < 4.78 is 0. The molecule has 0 unspecified atom stereocenters. The lowest BCUT2D eigenvalue weighted by molar-refractivity contribution is -0.104. The van der Waals surface area contributed by atoms with Crippen LogP contribution in [0.2, 0.25) is 0 Å². The highest BCUT2D eigenvalue weighted by atomic mass is 32.1. The lowest BCUT2D eigenvalue weighted by atomic mass is 10.2. The van der Waals surface area contributed by atoms with Gasteiger partial charge in [-0.05, 0) is 23.9 Å². The number of aldehydes is 1. The fourth-order valence-electron chi connectivity index (χ4n) is 0.715. The van der Waals surface area contributed by atoms with E-state index in [4.69, 9.17) is 0 Å². The van der Waals surface area contributed by atoms with Gasteiger partial charge in [0.05, 0.1) is 0 Å². The van der Waals surface area contributed by atoms with Gasteiger partial charge in [-0.1, -0.05) is 36.4 Å². The predicted molar refractivity (Wildman–Crippen MR) is 62.5 cm³/mol. The van der Waals surface area contributed by atoms with Crippen LogP contribution in [0.4, 0.5) is 0 Å². The molecule has 0 radical (unpaired) electrons. The van der Waals surface area contributed by atoms with E-state index in [1.54, 1.807) is 6.08 Å². The Balaban J connectivity index is 0.000000364. The summed E-state index contributed by atoms with van der Waals surface area (Å²) in [6.07, 6.45) is 4.02. The topological polar surface area (TPSA) is 69.1 Å². The molecule has 0 amide bonds. The second kappa shape index (κ2) is 7.94. The van der Waals surface area contributed by atoms with Crippen molar-refractivity contribution in [2.75, 3.05) is 0 Å². The molecule has 74 valence electrons. The molecule has 0 spiro atoms. The maximum absolute atomic E-state index is 9.89. The van der Waals surface area contributed by atoms with Crippen molar-refractivity contribution in [3.8, 4) is 0 Å². The van der Waals surface area contributed by atoms with E-state index in [0.29, 0.717) is 0 Å². The Morgan fingerprint density at radius 1 is 1.21 bits per heavy atom. The van der Waals surface area contributed by atoms with Crippen LogP contribution in [0.5, 0.6) is 0 Å². The fraction of sp³-hybridized carbons (Fsp3) is 0. The average molecular weight is 208 g/mol. The summed E-state index contributed by atoms with van der Waals surface area (Å²) in [6, 6.07) is 9.70. The van der Waals surface area contributed by atoms with Crippen molar-refractivity contribution in [3.63, 3.8) is 0 Å². The standard InChI is InChI=1S/C9H8O.CH4N2S/c10-8-4-7-9-5-2-1-3-6-9;2-1(3)4/h1-8H;(H4,2,3,4)/b7-4+;. The first kappa shape index (κ1) is 12.3. The van der Waals surface area contributed by atoms with Gasteiger partial charge in [0.25, 0.3) is 0 Å². The van der Waals surface area contributed by atoms with E-state index in [2.05, 4.69) is 23.7 Å². The maximum Gasteiger partial charge on any atom is 0.160 e. The van der Waals surface area contributed by atoms with Crippen molar-refractivity contribution in [3.05, 3.63) is 42.0 Å². The first-order valence-corrected chi connectivity index (χ1v) is 4.29. The van der Waals surface area contributed by atoms with Gasteiger partial charge in [0.15, 0.2) is 5.11 Å². The molecule has 0 aliphatic carbocycles. The Morgan fingerprint density at radius 3 is 2.14 bits per heavy atom. The highest BCUT2D eigenvalue weighted by molar-refractivity contribution is 7.80. The summed E-state index contributed by atoms with van der Waals surface area (Å²) >= 11 is 4.09. The van der Waals surface area contributed by atoms with Gasteiger partial charge in [-0.25, -0.2) is 0 Å². The molecule has 1 aromatic rings. The van der Waals surface area contributed by atoms with Gasteiger partial charge < -0.3 is 11.5 Å². The third-order valence-electron chi connectivity index (χ3n) is 1.17. The van der Waals surface area contributed by atoms with Gasteiger partial charge in [-0.15, -0.1) is 0 Å². The predicted octanol–water partition coefficient (Wildman–Crippen LogP) is 1.09. The normalized spacial score (nSPS) is 8.86. The minimum absolute atomic E-state index is 0.000000000000000222. The molecule has 0 bridgehead atoms. The molecule has 3 nitrogen and oxygen atoms in total. The van der Waals surface area contributed by atoms with E-state index in [1.807, 2.05) is 30.3 Å². The summed E-state index contributed by atoms with van der Waals surface area (Å²) in [5.74, 6) is 0. The van der Waals surface area contributed by atoms with Crippen molar-refractivity contribution >= 4 is 29.7 Å². The van der Waals surface area contributed by atoms with Gasteiger partial charge in [0.2, 0.25) is 0 Å². The van der Waals surface area contributed by atoms with E-state index in [9.17, 15) is 4.79 Å². The van der Waals surface area contributed by atoms with Crippen molar-refractivity contribution in [1.29, 1.82) is 0 Å². The number of thiocarbonyl (C=S) groups is 1. The minimum Gasteiger partial charge on any atom is -0.377 e. The summed E-state index contributed by atoms with van der Waals surface area (Å²) in [5.41, 5.74) is 10.3. The van der Waals surface area contributed by atoms with Crippen LogP contribution in [0.1, 0.15) is 5.56 Å². The molecular formula is C10H12N2OS. The van der Waals surface area contributed by atoms with Gasteiger partial charge in [-0.2, -0.15) is 0 Å². The van der Waals surface area contributed by atoms with Gasteiger partial charge in [0.1, 0.15) is 6.29 Å².